The molecule has 3 nitrogen and oxygen atoms in total. The molecule has 70 valence electrons. The highest BCUT2D eigenvalue weighted by atomic mass is 19.1. The summed E-state index contributed by atoms with van der Waals surface area (Å²) in [5.41, 5.74) is 0. The molecule has 1 N–H and O–H groups in total. The SMILES string of the molecule is CC(O)C(=O)Oc1ccccc1F. The Labute approximate surface area is 74.8 Å². The van der Waals surface area contributed by atoms with Crippen molar-refractivity contribution in [2.24, 2.45) is 0 Å². The van der Waals surface area contributed by atoms with E-state index in [0.717, 1.165) is 0 Å². The molecule has 1 atom stereocenters. The molecular weight excluding hydrogens is 175 g/mol. The van der Waals surface area contributed by atoms with Crippen LogP contribution in [0, 0.1) is 5.82 Å². The first kappa shape index (κ1) is 9.67. The zero-order chi connectivity index (χ0) is 9.84. The molecule has 0 saturated heterocycles. The van der Waals surface area contributed by atoms with Crippen LogP contribution in [-0.4, -0.2) is 17.2 Å². The molecular formula is C9H9FO3. The lowest BCUT2D eigenvalue weighted by atomic mass is 10.3. The van der Waals surface area contributed by atoms with Gasteiger partial charge in [-0.1, -0.05) is 12.1 Å². The van der Waals surface area contributed by atoms with Gasteiger partial charge in [-0.3, -0.25) is 0 Å². The van der Waals surface area contributed by atoms with Crippen LogP contribution in [0.3, 0.4) is 0 Å². The van der Waals surface area contributed by atoms with Crippen LogP contribution in [-0.2, 0) is 4.79 Å². The van der Waals surface area contributed by atoms with E-state index in [9.17, 15) is 9.18 Å². The third kappa shape index (κ3) is 2.52. The van der Waals surface area contributed by atoms with Crippen LogP contribution in [0.4, 0.5) is 4.39 Å². The second-order valence-corrected chi connectivity index (χ2v) is 2.53. The number of rotatable bonds is 2. The third-order valence-corrected chi connectivity index (χ3v) is 1.39. The molecule has 0 radical (unpaired) electrons. The van der Waals surface area contributed by atoms with E-state index < -0.39 is 17.9 Å². The zero-order valence-corrected chi connectivity index (χ0v) is 7.03. The van der Waals surface area contributed by atoms with Crippen molar-refractivity contribution in [3.63, 3.8) is 0 Å². The summed E-state index contributed by atoms with van der Waals surface area (Å²) in [7, 11) is 0. The van der Waals surface area contributed by atoms with Crippen LogP contribution in [0.2, 0.25) is 0 Å². The molecule has 1 aromatic rings. The number of ether oxygens (including phenoxy) is 1. The summed E-state index contributed by atoms with van der Waals surface area (Å²) in [6, 6.07) is 5.50. The Kier molecular flexibility index (Phi) is 2.97. The van der Waals surface area contributed by atoms with Crippen LogP contribution < -0.4 is 4.74 Å². The van der Waals surface area contributed by atoms with E-state index in [4.69, 9.17) is 5.11 Å². The van der Waals surface area contributed by atoms with Gasteiger partial charge < -0.3 is 9.84 Å². The molecule has 1 aromatic carbocycles. The third-order valence-electron chi connectivity index (χ3n) is 1.39. The van der Waals surface area contributed by atoms with Gasteiger partial charge in [-0.05, 0) is 19.1 Å². The Morgan fingerprint density at radius 2 is 2.15 bits per heavy atom. The van der Waals surface area contributed by atoms with Crippen molar-refractivity contribution in [1.29, 1.82) is 0 Å². The molecule has 0 bridgehead atoms. The van der Waals surface area contributed by atoms with Crippen molar-refractivity contribution in [3.8, 4) is 5.75 Å². The lowest BCUT2D eigenvalue weighted by Crippen LogP contribution is -2.22. The average Bonchev–Trinajstić information content (AvgIpc) is 2.08. The quantitative estimate of drug-likeness (QED) is 0.553. The van der Waals surface area contributed by atoms with Gasteiger partial charge in [-0.15, -0.1) is 0 Å². The zero-order valence-electron chi connectivity index (χ0n) is 7.03. The predicted molar refractivity (Wildman–Crippen MR) is 43.7 cm³/mol. The molecule has 4 heteroatoms. The molecule has 0 aliphatic rings. The highest BCUT2D eigenvalue weighted by Crippen LogP contribution is 2.15. The van der Waals surface area contributed by atoms with Crippen molar-refractivity contribution < 1.29 is 19.0 Å². The van der Waals surface area contributed by atoms with Crippen molar-refractivity contribution >= 4 is 5.97 Å². The number of carbonyl (C=O) groups excluding carboxylic acids is 1. The number of hydrogen-bond donors (Lipinski definition) is 1. The van der Waals surface area contributed by atoms with Gasteiger partial charge in [-0.2, -0.15) is 0 Å². The first-order valence-corrected chi connectivity index (χ1v) is 3.75. The standard InChI is InChI=1S/C9H9FO3/c1-6(11)9(12)13-8-5-3-2-4-7(8)10/h2-6,11H,1H3. The Balaban J connectivity index is 2.75. The Morgan fingerprint density at radius 3 is 2.69 bits per heavy atom. The summed E-state index contributed by atoms with van der Waals surface area (Å²) in [5, 5.41) is 8.78. The number of aliphatic hydroxyl groups excluding tert-OH is 1. The summed E-state index contributed by atoms with van der Waals surface area (Å²) in [5.74, 6) is -1.67. The summed E-state index contributed by atoms with van der Waals surface area (Å²) < 4.78 is 17.4. The van der Waals surface area contributed by atoms with E-state index >= 15 is 0 Å². The highest BCUT2D eigenvalue weighted by molar-refractivity contribution is 5.76. The largest absolute Gasteiger partial charge is 0.421 e. The summed E-state index contributed by atoms with van der Waals surface area (Å²) >= 11 is 0. The normalized spacial score (nSPS) is 12.2. The minimum absolute atomic E-state index is 0.173. The summed E-state index contributed by atoms with van der Waals surface area (Å²) in [4.78, 5) is 10.8. The van der Waals surface area contributed by atoms with Crippen molar-refractivity contribution in [3.05, 3.63) is 30.1 Å². The second-order valence-electron chi connectivity index (χ2n) is 2.53. The highest BCUT2D eigenvalue weighted by Gasteiger charge is 2.13. The Bertz CT molecular complexity index is 309. The van der Waals surface area contributed by atoms with Crippen LogP contribution in [0.15, 0.2) is 24.3 Å². The van der Waals surface area contributed by atoms with E-state index in [1.54, 1.807) is 0 Å². The first-order valence-electron chi connectivity index (χ1n) is 3.75. The van der Waals surface area contributed by atoms with Gasteiger partial charge in [0.1, 0.15) is 6.10 Å². The van der Waals surface area contributed by atoms with Gasteiger partial charge in [-0.25, -0.2) is 9.18 Å². The predicted octanol–water partition coefficient (Wildman–Crippen LogP) is 1.11. The number of aliphatic hydroxyl groups is 1. The van der Waals surface area contributed by atoms with Gasteiger partial charge >= 0.3 is 5.97 Å². The Morgan fingerprint density at radius 1 is 1.54 bits per heavy atom. The molecule has 1 unspecified atom stereocenters. The molecule has 0 aromatic heterocycles. The number of para-hydroxylation sites is 1. The van der Waals surface area contributed by atoms with Gasteiger partial charge in [0.05, 0.1) is 0 Å². The molecule has 0 spiro atoms. The monoisotopic (exact) mass is 184 g/mol. The maximum absolute atomic E-state index is 12.9. The second kappa shape index (κ2) is 4.00. The summed E-state index contributed by atoms with van der Waals surface area (Å²) in [6.45, 7) is 1.25. The molecule has 0 saturated carbocycles. The fraction of sp³-hybridized carbons (Fsp3) is 0.222. The number of carbonyl (C=O) groups is 1. The van der Waals surface area contributed by atoms with Crippen LogP contribution in [0.1, 0.15) is 6.92 Å². The lowest BCUT2D eigenvalue weighted by Gasteiger charge is -2.05. The Hall–Kier alpha value is -1.42. The maximum Gasteiger partial charge on any atom is 0.340 e. The van der Waals surface area contributed by atoms with Crippen molar-refractivity contribution in [2.75, 3.05) is 0 Å². The van der Waals surface area contributed by atoms with Crippen LogP contribution in [0.25, 0.3) is 0 Å². The smallest absolute Gasteiger partial charge is 0.340 e. The van der Waals surface area contributed by atoms with Gasteiger partial charge in [0.25, 0.3) is 0 Å². The average molecular weight is 184 g/mol. The number of benzene rings is 1. The first-order chi connectivity index (χ1) is 6.11. The summed E-state index contributed by atoms with van der Waals surface area (Å²) in [6.07, 6.45) is -1.25. The molecule has 0 fully saturated rings. The minimum Gasteiger partial charge on any atom is -0.421 e. The van der Waals surface area contributed by atoms with E-state index in [1.807, 2.05) is 0 Å². The van der Waals surface area contributed by atoms with E-state index in [2.05, 4.69) is 4.74 Å². The molecule has 0 heterocycles. The fourth-order valence-electron chi connectivity index (χ4n) is 0.721. The maximum atomic E-state index is 12.9. The molecule has 1 rings (SSSR count). The minimum atomic E-state index is -1.25. The number of halogens is 1. The van der Waals surface area contributed by atoms with Crippen molar-refractivity contribution in [1.82, 2.24) is 0 Å². The van der Waals surface area contributed by atoms with E-state index in [0.29, 0.717) is 0 Å². The van der Waals surface area contributed by atoms with Crippen LogP contribution >= 0.6 is 0 Å². The van der Waals surface area contributed by atoms with Gasteiger partial charge in [0, 0.05) is 0 Å². The topological polar surface area (TPSA) is 46.5 Å². The van der Waals surface area contributed by atoms with E-state index in [-0.39, 0.29) is 5.75 Å². The molecule has 0 aliphatic carbocycles. The molecule has 0 amide bonds. The fourth-order valence-corrected chi connectivity index (χ4v) is 0.721. The molecule has 0 aliphatic heterocycles. The lowest BCUT2D eigenvalue weighted by molar-refractivity contribution is -0.142. The number of esters is 1. The van der Waals surface area contributed by atoms with E-state index in [1.165, 1.54) is 31.2 Å². The van der Waals surface area contributed by atoms with Gasteiger partial charge in [0.15, 0.2) is 11.6 Å². The van der Waals surface area contributed by atoms with Crippen LogP contribution in [0.5, 0.6) is 5.75 Å². The van der Waals surface area contributed by atoms with Crippen molar-refractivity contribution in [2.45, 2.75) is 13.0 Å². The van der Waals surface area contributed by atoms with Gasteiger partial charge in [0.2, 0.25) is 0 Å². The molecule has 13 heavy (non-hydrogen) atoms. The number of hydrogen-bond acceptors (Lipinski definition) is 3.